The number of phenolic OH excluding ortho intramolecular Hbond substituents is 1. The molecule has 2 rings (SSSR count). The Bertz CT molecular complexity index is 513. The third-order valence-corrected chi connectivity index (χ3v) is 3.22. The molecule has 14 heavy (non-hydrogen) atoms. The number of fused-ring (bicyclic) bond motifs is 1. The van der Waals surface area contributed by atoms with E-state index in [-0.39, 0.29) is 10.6 Å². The lowest BCUT2D eigenvalue weighted by molar-refractivity contribution is 0.0702. The number of benzene rings is 1. The largest absolute Gasteiger partial charge is 0.506 e. The molecular formula is C10H8O3S. The molecule has 0 aliphatic heterocycles. The number of hydrogen-bond donors (Lipinski definition) is 2. The van der Waals surface area contributed by atoms with Gasteiger partial charge >= 0.3 is 5.97 Å². The number of aryl methyl sites for hydroxylation is 1. The summed E-state index contributed by atoms with van der Waals surface area (Å²) in [7, 11) is 0. The van der Waals surface area contributed by atoms with Gasteiger partial charge in [-0.25, -0.2) is 4.79 Å². The molecule has 4 heteroatoms. The summed E-state index contributed by atoms with van der Waals surface area (Å²) in [4.78, 5) is 10.9. The van der Waals surface area contributed by atoms with Gasteiger partial charge in [-0.2, -0.15) is 0 Å². The van der Waals surface area contributed by atoms with Gasteiger partial charge in [-0.05, 0) is 23.9 Å². The van der Waals surface area contributed by atoms with Gasteiger partial charge in [0.1, 0.15) is 10.6 Å². The number of hydrogen-bond acceptors (Lipinski definition) is 3. The van der Waals surface area contributed by atoms with E-state index in [2.05, 4.69) is 0 Å². The number of aromatic carboxylic acids is 1. The van der Waals surface area contributed by atoms with Crippen molar-refractivity contribution in [1.29, 1.82) is 0 Å². The van der Waals surface area contributed by atoms with E-state index in [0.29, 0.717) is 4.70 Å². The van der Waals surface area contributed by atoms with E-state index < -0.39 is 5.97 Å². The molecule has 1 heterocycles. The standard InChI is InChI=1S/C10H8O3S/c1-5-2-3-6-4-7(10(12)13)14-9(6)8(5)11/h2-4,11H,1H3,(H,12,13). The van der Waals surface area contributed by atoms with E-state index in [0.717, 1.165) is 22.3 Å². The highest BCUT2D eigenvalue weighted by Crippen LogP contribution is 2.34. The molecular weight excluding hydrogens is 200 g/mol. The summed E-state index contributed by atoms with van der Waals surface area (Å²) in [5.74, 6) is -0.775. The van der Waals surface area contributed by atoms with Crippen LogP contribution in [0.3, 0.4) is 0 Å². The van der Waals surface area contributed by atoms with Crippen molar-refractivity contribution in [1.82, 2.24) is 0 Å². The first kappa shape index (κ1) is 9.02. The van der Waals surface area contributed by atoms with Crippen molar-refractivity contribution in [2.24, 2.45) is 0 Å². The summed E-state index contributed by atoms with van der Waals surface area (Å²) >= 11 is 1.10. The smallest absolute Gasteiger partial charge is 0.345 e. The van der Waals surface area contributed by atoms with E-state index in [1.165, 1.54) is 0 Å². The van der Waals surface area contributed by atoms with E-state index in [1.807, 2.05) is 6.07 Å². The third kappa shape index (κ3) is 1.24. The molecule has 0 atom stereocenters. The normalized spacial score (nSPS) is 10.6. The molecule has 0 aliphatic rings. The van der Waals surface area contributed by atoms with Crippen LogP contribution in [0.4, 0.5) is 0 Å². The summed E-state index contributed by atoms with van der Waals surface area (Å²) in [6.45, 7) is 1.79. The van der Waals surface area contributed by atoms with Gasteiger partial charge in [0.2, 0.25) is 0 Å². The Kier molecular flexibility index (Phi) is 1.93. The molecule has 0 saturated carbocycles. The molecule has 0 saturated heterocycles. The summed E-state index contributed by atoms with van der Waals surface area (Å²) in [5.41, 5.74) is 0.760. The van der Waals surface area contributed by atoms with Gasteiger partial charge in [0.05, 0.1) is 4.70 Å². The topological polar surface area (TPSA) is 57.5 Å². The van der Waals surface area contributed by atoms with Crippen LogP contribution in [-0.4, -0.2) is 16.2 Å². The van der Waals surface area contributed by atoms with Gasteiger partial charge in [-0.1, -0.05) is 12.1 Å². The SMILES string of the molecule is Cc1ccc2cc(C(=O)O)sc2c1O. The fourth-order valence-electron chi connectivity index (χ4n) is 1.29. The molecule has 0 amide bonds. The van der Waals surface area contributed by atoms with Crippen LogP contribution in [0.2, 0.25) is 0 Å². The quantitative estimate of drug-likeness (QED) is 0.757. The van der Waals surface area contributed by atoms with Crippen molar-refractivity contribution < 1.29 is 15.0 Å². The van der Waals surface area contributed by atoms with Crippen LogP contribution in [0.15, 0.2) is 18.2 Å². The highest BCUT2D eigenvalue weighted by atomic mass is 32.1. The van der Waals surface area contributed by atoms with Crippen LogP contribution in [0, 0.1) is 6.92 Å². The van der Waals surface area contributed by atoms with Crippen molar-refractivity contribution in [2.45, 2.75) is 6.92 Å². The average molecular weight is 208 g/mol. The summed E-state index contributed by atoms with van der Waals surface area (Å²) < 4.78 is 0.641. The summed E-state index contributed by atoms with van der Waals surface area (Å²) in [5, 5.41) is 19.2. The molecule has 1 aromatic heterocycles. The Morgan fingerprint density at radius 3 is 2.79 bits per heavy atom. The van der Waals surface area contributed by atoms with Crippen LogP contribution < -0.4 is 0 Å². The lowest BCUT2D eigenvalue weighted by Crippen LogP contribution is -1.89. The van der Waals surface area contributed by atoms with Crippen molar-refractivity contribution >= 4 is 27.4 Å². The van der Waals surface area contributed by atoms with Gasteiger partial charge in [-0.3, -0.25) is 0 Å². The maximum absolute atomic E-state index is 10.7. The molecule has 72 valence electrons. The predicted molar refractivity (Wildman–Crippen MR) is 55.2 cm³/mol. The average Bonchev–Trinajstić information content (AvgIpc) is 2.56. The predicted octanol–water partition coefficient (Wildman–Crippen LogP) is 2.61. The molecule has 3 nitrogen and oxygen atoms in total. The zero-order chi connectivity index (χ0) is 10.3. The maximum atomic E-state index is 10.7. The molecule has 2 N–H and O–H groups in total. The number of carboxylic acids is 1. The highest BCUT2D eigenvalue weighted by Gasteiger charge is 2.11. The molecule has 0 unspecified atom stereocenters. The zero-order valence-corrected chi connectivity index (χ0v) is 8.26. The Hall–Kier alpha value is -1.55. The number of carboxylic acid groups (broad SMARTS) is 1. The van der Waals surface area contributed by atoms with Crippen molar-refractivity contribution in [3.05, 3.63) is 28.6 Å². The Labute approximate surface area is 84.2 Å². The zero-order valence-electron chi connectivity index (χ0n) is 7.44. The van der Waals surface area contributed by atoms with Gasteiger partial charge in [0.25, 0.3) is 0 Å². The third-order valence-electron chi connectivity index (χ3n) is 2.07. The Morgan fingerprint density at radius 1 is 1.43 bits per heavy atom. The highest BCUT2D eigenvalue weighted by molar-refractivity contribution is 7.21. The van der Waals surface area contributed by atoms with Crippen molar-refractivity contribution in [3.8, 4) is 5.75 Å². The van der Waals surface area contributed by atoms with Gasteiger partial charge in [0, 0.05) is 0 Å². The van der Waals surface area contributed by atoms with Crippen LogP contribution in [-0.2, 0) is 0 Å². The maximum Gasteiger partial charge on any atom is 0.345 e. The first-order valence-corrected chi connectivity index (χ1v) is 4.86. The van der Waals surface area contributed by atoms with Crippen molar-refractivity contribution in [3.63, 3.8) is 0 Å². The minimum absolute atomic E-state index is 0.181. The Balaban J connectivity index is 2.77. The lowest BCUT2D eigenvalue weighted by atomic mass is 10.2. The summed E-state index contributed by atoms with van der Waals surface area (Å²) in [6, 6.07) is 5.16. The Morgan fingerprint density at radius 2 is 2.14 bits per heavy atom. The number of carbonyl (C=O) groups is 1. The molecule has 0 fully saturated rings. The molecule has 0 radical (unpaired) electrons. The fraction of sp³-hybridized carbons (Fsp3) is 0.100. The van der Waals surface area contributed by atoms with Crippen LogP contribution in [0.25, 0.3) is 10.1 Å². The first-order valence-electron chi connectivity index (χ1n) is 4.05. The minimum atomic E-state index is -0.955. The van der Waals surface area contributed by atoms with E-state index >= 15 is 0 Å². The molecule has 2 aromatic rings. The lowest BCUT2D eigenvalue weighted by Gasteiger charge is -1.97. The number of thiophene rings is 1. The van der Waals surface area contributed by atoms with E-state index in [4.69, 9.17) is 5.11 Å². The van der Waals surface area contributed by atoms with Crippen LogP contribution >= 0.6 is 11.3 Å². The summed E-state index contributed by atoms with van der Waals surface area (Å²) in [6.07, 6.45) is 0. The molecule has 0 spiro atoms. The van der Waals surface area contributed by atoms with Crippen LogP contribution in [0.1, 0.15) is 15.2 Å². The second-order valence-electron chi connectivity index (χ2n) is 3.07. The molecule has 0 bridgehead atoms. The number of aromatic hydroxyl groups is 1. The second kappa shape index (κ2) is 2.99. The monoisotopic (exact) mass is 208 g/mol. The molecule has 0 aliphatic carbocycles. The van der Waals surface area contributed by atoms with Gasteiger partial charge in [-0.15, -0.1) is 11.3 Å². The van der Waals surface area contributed by atoms with Gasteiger partial charge < -0.3 is 10.2 Å². The first-order chi connectivity index (χ1) is 6.59. The molecule has 1 aromatic carbocycles. The van der Waals surface area contributed by atoms with E-state index in [1.54, 1.807) is 19.1 Å². The van der Waals surface area contributed by atoms with Crippen molar-refractivity contribution in [2.75, 3.05) is 0 Å². The fourth-order valence-corrected chi connectivity index (χ4v) is 2.29. The van der Waals surface area contributed by atoms with Crippen LogP contribution in [0.5, 0.6) is 5.75 Å². The number of rotatable bonds is 1. The second-order valence-corrected chi connectivity index (χ2v) is 4.12. The number of phenols is 1. The van der Waals surface area contributed by atoms with Gasteiger partial charge in [0.15, 0.2) is 0 Å². The minimum Gasteiger partial charge on any atom is -0.506 e. The van der Waals surface area contributed by atoms with E-state index in [9.17, 15) is 9.90 Å².